The number of nitrogens with two attached hydrogens (primary N) is 1. The lowest BCUT2D eigenvalue weighted by Crippen LogP contribution is -2.12. The van der Waals surface area contributed by atoms with Crippen molar-refractivity contribution in [3.8, 4) is 45.4 Å². The maximum atomic E-state index is 13.0. The summed E-state index contributed by atoms with van der Waals surface area (Å²) in [5.74, 6) is 2.00. The van der Waals surface area contributed by atoms with E-state index in [1.165, 1.54) is 0 Å². The van der Waals surface area contributed by atoms with E-state index < -0.39 is 0 Å². The molecule has 0 fully saturated rings. The Labute approximate surface area is 291 Å². The minimum absolute atomic E-state index is 0.0640. The number of Topliss-reactive ketones (excluding diaryl/α,β-unsaturated/α-hetero) is 1. The van der Waals surface area contributed by atoms with Crippen LogP contribution in [0.3, 0.4) is 0 Å². The van der Waals surface area contributed by atoms with Gasteiger partial charge in [0, 0.05) is 59.5 Å². The quantitative estimate of drug-likeness (QED) is 0.0777. The Hall–Kier alpha value is -4.18. The molecule has 0 radical (unpaired) electrons. The molecule has 0 amide bonds. The van der Waals surface area contributed by atoms with E-state index in [4.69, 9.17) is 52.9 Å². The van der Waals surface area contributed by atoms with Crippen LogP contribution in [0.1, 0.15) is 28.8 Å². The summed E-state index contributed by atoms with van der Waals surface area (Å²) in [4.78, 5) is 18.2. The molecule has 1 heterocycles. The lowest BCUT2D eigenvalue weighted by molar-refractivity contribution is 0.0489. The van der Waals surface area contributed by atoms with E-state index in [-0.39, 0.29) is 5.78 Å². The first-order valence-electron chi connectivity index (χ1n) is 15.7. The van der Waals surface area contributed by atoms with Gasteiger partial charge in [0.05, 0.1) is 50.5 Å². The van der Waals surface area contributed by atoms with Crippen molar-refractivity contribution in [1.82, 2.24) is 9.55 Å². The Kier molecular flexibility index (Phi) is 12.7. The van der Waals surface area contributed by atoms with Gasteiger partial charge < -0.3 is 29.2 Å². The normalized spacial score (nSPS) is 11.1. The molecule has 0 aliphatic carbocycles. The van der Waals surface area contributed by atoms with Crippen molar-refractivity contribution >= 4 is 29.0 Å². The maximum absolute atomic E-state index is 13.0. The largest absolute Gasteiger partial charge is 0.497 e. The number of carbonyl (C=O) groups is 1. The van der Waals surface area contributed by atoms with E-state index in [1.54, 1.807) is 14.2 Å². The third-order valence-corrected chi connectivity index (χ3v) is 8.44. The van der Waals surface area contributed by atoms with E-state index in [9.17, 15) is 4.79 Å². The van der Waals surface area contributed by atoms with Crippen molar-refractivity contribution in [3.63, 3.8) is 0 Å². The molecule has 0 aliphatic rings. The molecule has 250 valence electrons. The number of carbonyl (C=O) groups excluding carboxylic acids is 1. The monoisotopic (exact) mass is 687 g/mol. The van der Waals surface area contributed by atoms with E-state index in [0.29, 0.717) is 91.0 Å². The number of imidazole rings is 1. The fourth-order valence-corrected chi connectivity index (χ4v) is 5.84. The van der Waals surface area contributed by atoms with Crippen LogP contribution in [0.4, 0.5) is 0 Å². The van der Waals surface area contributed by atoms with Crippen molar-refractivity contribution in [2.24, 2.45) is 5.73 Å². The Bertz CT molecular complexity index is 1800. The van der Waals surface area contributed by atoms with Crippen molar-refractivity contribution in [2.75, 3.05) is 47.2 Å². The van der Waals surface area contributed by atoms with Gasteiger partial charge in [0.15, 0.2) is 5.78 Å². The highest BCUT2D eigenvalue weighted by Gasteiger charge is 2.25. The second-order valence-electron chi connectivity index (χ2n) is 11.0. The van der Waals surface area contributed by atoms with Crippen LogP contribution in [0.2, 0.25) is 10.0 Å². The predicted octanol–water partition coefficient (Wildman–Crippen LogP) is 8.21. The molecule has 1 aromatic heterocycles. The second kappa shape index (κ2) is 17.3. The lowest BCUT2D eigenvalue weighted by Gasteiger charge is -2.16. The molecule has 5 aromatic rings. The molecule has 0 saturated carbocycles. The fourth-order valence-electron chi connectivity index (χ4n) is 5.39. The van der Waals surface area contributed by atoms with Crippen molar-refractivity contribution < 1.29 is 23.7 Å². The summed E-state index contributed by atoms with van der Waals surface area (Å²) < 4.78 is 24.2. The molecule has 0 atom stereocenters. The number of ether oxygens (including phenoxy) is 4. The third-order valence-electron chi connectivity index (χ3n) is 7.78. The van der Waals surface area contributed by atoms with Crippen molar-refractivity contribution in [3.05, 3.63) is 112 Å². The van der Waals surface area contributed by atoms with Crippen LogP contribution in [0.5, 0.6) is 11.5 Å². The zero-order valence-electron chi connectivity index (χ0n) is 27.1. The van der Waals surface area contributed by atoms with Crippen LogP contribution >= 0.6 is 23.2 Å². The average Bonchev–Trinajstić information content (AvgIpc) is 3.48. The molecule has 4 aromatic carbocycles. The first-order chi connectivity index (χ1) is 23.4. The highest BCUT2D eigenvalue weighted by atomic mass is 35.5. The number of hydrogen-bond acceptors (Lipinski definition) is 7. The van der Waals surface area contributed by atoms with Crippen LogP contribution in [-0.4, -0.2) is 62.5 Å². The Morgan fingerprint density at radius 3 is 1.98 bits per heavy atom. The standard InChI is InChI=1S/C38H39Cl2N3O5/c1-45-29-22-28(23-30(24-29)46-2)38-42-36(31-8-3-5-10-33(31)39)37(32-9-4-6-11-34(32)40)43(38)25-26-13-15-27(16-14-26)35(44)12-7-18-47-20-21-48-19-17-41/h3-6,8-11,13-16,22-24H,7,12,17-21,25,41H2,1-2H3. The molecule has 5 rings (SSSR count). The minimum Gasteiger partial charge on any atom is -0.497 e. The molecular weight excluding hydrogens is 649 g/mol. The number of benzene rings is 4. The first kappa shape index (κ1) is 35.1. The molecule has 0 unspecified atom stereocenters. The summed E-state index contributed by atoms with van der Waals surface area (Å²) in [5, 5.41) is 1.15. The molecule has 0 aliphatic heterocycles. The van der Waals surface area contributed by atoms with Gasteiger partial charge in [-0.05, 0) is 36.2 Å². The molecule has 0 spiro atoms. The fraction of sp³-hybridized carbons (Fsp3) is 0.263. The smallest absolute Gasteiger partial charge is 0.162 e. The number of nitrogens with zero attached hydrogens (tertiary/aromatic N) is 2. The second-order valence-corrected chi connectivity index (χ2v) is 11.8. The summed E-state index contributed by atoms with van der Waals surface area (Å²) in [6.45, 7) is 2.90. The lowest BCUT2D eigenvalue weighted by atomic mass is 10.0. The van der Waals surface area contributed by atoms with Gasteiger partial charge in [0.25, 0.3) is 0 Å². The van der Waals surface area contributed by atoms with Crippen LogP contribution in [0.15, 0.2) is 91.0 Å². The van der Waals surface area contributed by atoms with E-state index in [2.05, 4.69) is 4.57 Å². The van der Waals surface area contributed by atoms with Gasteiger partial charge in [-0.15, -0.1) is 0 Å². The predicted molar refractivity (Wildman–Crippen MR) is 191 cm³/mol. The van der Waals surface area contributed by atoms with E-state index in [0.717, 1.165) is 27.9 Å². The first-order valence-corrected chi connectivity index (χ1v) is 16.5. The molecule has 8 nitrogen and oxygen atoms in total. The number of ketones is 1. The number of rotatable bonds is 17. The van der Waals surface area contributed by atoms with Crippen LogP contribution in [0.25, 0.3) is 33.9 Å². The molecule has 0 bridgehead atoms. The Balaban J connectivity index is 1.51. The van der Waals surface area contributed by atoms with Gasteiger partial charge in [-0.3, -0.25) is 4.79 Å². The van der Waals surface area contributed by atoms with Crippen LogP contribution < -0.4 is 15.2 Å². The van der Waals surface area contributed by atoms with Gasteiger partial charge in [-0.1, -0.05) is 83.9 Å². The highest BCUT2D eigenvalue weighted by Crippen LogP contribution is 2.42. The molecule has 0 saturated heterocycles. The van der Waals surface area contributed by atoms with Crippen LogP contribution in [-0.2, 0) is 16.0 Å². The molecule has 48 heavy (non-hydrogen) atoms. The highest BCUT2D eigenvalue weighted by molar-refractivity contribution is 6.34. The van der Waals surface area contributed by atoms with E-state index in [1.807, 2.05) is 91.0 Å². The molecule has 2 N–H and O–H groups in total. The summed E-state index contributed by atoms with van der Waals surface area (Å²) in [6, 6.07) is 28.7. The zero-order chi connectivity index (χ0) is 33.9. The summed E-state index contributed by atoms with van der Waals surface area (Å²) in [5.41, 5.74) is 10.9. The van der Waals surface area contributed by atoms with Gasteiger partial charge in [-0.2, -0.15) is 0 Å². The van der Waals surface area contributed by atoms with Gasteiger partial charge in [0.2, 0.25) is 0 Å². The number of aromatic nitrogens is 2. The number of hydrogen-bond donors (Lipinski definition) is 1. The van der Waals surface area contributed by atoms with E-state index >= 15 is 0 Å². The van der Waals surface area contributed by atoms with Crippen molar-refractivity contribution in [1.29, 1.82) is 0 Å². The SMILES string of the molecule is COc1cc(OC)cc(-c2nc(-c3ccccc3Cl)c(-c3ccccc3Cl)n2Cc2ccc(C(=O)CCCOCCOCCN)cc2)c1. The summed E-state index contributed by atoms with van der Waals surface area (Å²) >= 11 is 13.6. The topological polar surface area (TPSA) is 97.8 Å². The van der Waals surface area contributed by atoms with Gasteiger partial charge >= 0.3 is 0 Å². The zero-order valence-corrected chi connectivity index (χ0v) is 28.6. The average molecular weight is 689 g/mol. The Morgan fingerprint density at radius 2 is 1.38 bits per heavy atom. The summed E-state index contributed by atoms with van der Waals surface area (Å²) in [7, 11) is 3.23. The minimum atomic E-state index is 0.0640. The van der Waals surface area contributed by atoms with Gasteiger partial charge in [-0.25, -0.2) is 4.98 Å². The number of methoxy groups -OCH3 is 2. The molecular formula is C38H39Cl2N3O5. The molecule has 10 heteroatoms. The van der Waals surface area contributed by atoms with Gasteiger partial charge in [0.1, 0.15) is 17.3 Å². The van der Waals surface area contributed by atoms with Crippen LogP contribution in [0, 0.1) is 0 Å². The maximum Gasteiger partial charge on any atom is 0.162 e. The van der Waals surface area contributed by atoms with Crippen molar-refractivity contribution in [2.45, 2.75) is 19.4 Å². The Morgan fingerprint density at radius 1 is 0.771 bits per heavy atom. The summed E-state index contributed by atoms with van der Waals surface area (Å²) in [6.07, 6.45) is 1.02. The third kappa shape index (κ3) is 8.64. The number of halogens is 2.